The largest absolute Gasteiger partial charge is 0.396 e. The number of carbonyl (C=O) groups excluding carboxylic acids is 2. The molecule has 0 aliphatic heterocycles. The molecule has 0 aliphatic rings. The van der Waals surface area contributed by atoms with Crippen molar-refractivity contribution in [2.24, 2.45) is 5.92 Å². The van der Waals surface area contributed by atoms with E-state index in [4.69, 9.17) is 5.11 Å². The van der Waals surface area contributed by atoms with E-state index in [2.05, 4.69) is 12.2 Å². The molecule has 0 aromatic carbocycles. The molecule has 2 N–H and O–H groups in total. The molecule has 0 bridgehead atoms. The summed E-state index contributed by atoms with van der Waals surface area (Å²) in [4.78, 5) is 27.4. The van der Waals surface area contributed by atoms with Crippen molar-refractivity contribution in [3.63, 3.8) is 0 Å². The third-order valence-corrected chi connectivity index (χ3v) is 4.11. The fraction of sp³-hybridized carbons (Fsp3) is 0.900. The summed E-state index contributed by atoms with van der Waals surface area (Å²) in [5.74, 6) is 0.0693. The smallest absolute Gasteiger partial charge is 0.243 e. The third-order valence-electron chi connectivity index (χ3n) is 4.11. The van der Waals surface area contributed by atoms with E-state index < -0.39 is 6.04 Å². The molecular formula is C20H40N2O3. The predicted molar refractivity (Wildman–Crippen MR) is 103 cm³/mol. The van der Waals surface area contributed by atoms with Crippen molar-refractivity contribution in [1.29, 1.82) is 0 Å². The molecule has 148 valence electrons. The second-order valence-corrected chi connectivity index (χ2v) is 8.26. The fourth-order valence-corrected chi connectivity index (χ4v) is 2.89. The number of nitrogens with one attached hydrogen (secondary N) is 1. The van der Waals surface area contributed by atoms with Crippen LogP contribution in [0, 0.1) is 5.92 Å². The van der Waals surface area contributed by atoms with E-state index in [1.807, 2.05) is 34.6 Å². The first-order valence-electron chi connectivity index (χ1n) is 9.86. The molecule has 0 aromatic heterocycles. The van der Waals surface area contributed by atoms with Gasteiger partial charge in [0.1, 0.15) is 6.04 Å². The Labute approximate surface area is 154 Å². The van der Waals surface area contributed by atoms with Crippen molar-refractivity contribution >= 4 is 11.8 Å². The Morgan fingerprint density at radius 3 is 2.12 bits per heavy atom. The van der Waals surface area contributed by atoms with E-state index in [1.165, 1.54) is 0 Å². The molecule has 0 radical (unpaired) electrons. The zero-order valence-electron chi connectivity index (χ0n) is 17.2. The topological polar surface area (TPSA) is 69.6 Å². The van der Waals surface area contributed by atoms with Crippen molar-refractivity contribution in [3.8, 4) is 0 Å². The zero-order chi connectivity index (χ0) is 19.5. The molecular weight excluding hydrogens is 316 g/mol. The zero-order valence-corrected chi connectivity index (χ0v) is 17.2. The van der Waals surface area contributed by atoms with E-state index in [-0.39, 0.29) is 29.9 Å². The number of carbonyl (C=O) groups is 2. The standard InChI is InChI=1S/C20H40N2O3/c1-7-8-13-17(24)22(14-11-9-10-12-15-23)18(16(2)3)19(25)21-20(4,5)6/h16,18,23H,7-15H2,1-6H3,(H,21,25). The van der Waals surface area contributed by atoms with Crippen LogP contribution in [-0.2, 0) is 9.59 Å². The predicted octanol–water partition coefficient (Wildman–Crippen LogP) is 3.50. The average molecular weight is 357 g/mol. The molecule has 25 heavy (non-hydrogen) atoms. The molecule has 1 atom stereocenters. The molecule has 0 spiro atoms. The summed E-state index contributed by atoms with van der Waals surface area (Å²) in [5, 5.41) is 11.9. The number of aliphatic hydroxyl groups is 1. The minimum atomic E-state index is -0.429. The number of unbranched alkanes of at least 4 members (excludes halogenated alkanes) is 4. The van der Waals surface area contributed by atoms with Crippen LogP contribution in [0.5, 0.6) is 0 Å². The molecule has 0 saturated carbocycles. The minimum absolute atomic E-state index is 0.0605. The Kier molecular flexibility index (Phi) is 11.7. The lowest BCUT2D eigenvalue weighted by atomic mass is 9.98. The number of rotatable bonds is 12. The van der Waals surface area contributed by atoms with Gasteiger partial charge >= 0.3 is 0 Å². The maximum atomic E-state index is 12.8. The van der Waals surface area contributed by atoms with Crippen molar-refractivity contribution in [3.05, 3.63) is 0 Å². The number of aliphatic hydroxyl groups excluding tert-OH is 1. The highest BCUT2D eigenvalue weighted by atomic mass is 16.3. The van der Waals surface area contributed by atoms with Gasteiger partial charge in [0, 0.05) is 25.1 Å². The van der Waals surface area contributed by atoms with Crippen LogP contribution in [0.25, 0.3) is 0 Å². The molecule has 1 unspecified atom stereocenters. The SMILES string of the molecule is CCCCC(=O)N(CCCCCCO)C(C(=O)NC(C)(C)C)C(C)C. The Balaban J connectivity index is 5.11. The van der Waals surface area contributed by atoms with Crippen LogP contribution < -0.4 is 5.32 Å². The number of nitrogens with zero attached hydrogens (tertiary/aromatic N) is 1. The van der Waals surface area contributed by atoms with E-state index in [0.29, 0.717) is 13.0 Å². The van der Waals surface area contributed by atoms with Crippen LogP contribution in [0.2, 0.25) is 0 Å². The summed E-state index contributed by atoms with van der Waals surface area (Å²) < 4.78 is 0. The van der Waals surface area contributed by atoms with Crippen LogP contribution in [0.4, 0.5) is 0 Å². The van der Waals surface area contributed by atoms with Gasteiger partial charge in [-0.25, -0.2) is 0 Å². The van der Waals surface area contributed by atoms with Crippen LogP contribution in [0.1, 0.15) is 86.5 Å². The lowest BCUT2D eigenvalue weighted by Gasteiger charge is -2.36. The van der Waals surface area contributed by atoms with Crippen molar-refractivity contribution < 1.29 is 14.7 Å². The highest BCUT2D eigenvalue weighted by Crippen LogP contribution is 2.17. The summed E-state index contributed by atoms with van der Waals surface area (Å²) in [6.45, 7) is 12.8. The van der Waals surface area contributed by atoms with E-state index >= 15 is 0 Å². The van der Waals surface area contributed by atoms with Gasteiger partial charge in [0.05, 0.1) is 0 Å². The van der Waals surface area contributed by atoms with Crippen molar-refractivity contribution in [2.75, 3.05) is 13.2 Å². The van der Waals surface area contributed by atoms with Crippen LogP contribution in [0.15, 0.2) is 0 Å². The highest BCUT2D eigenvalue weighted by molar-refractivity contribution is 5.88. The van der Waals surface area contributed by atoms with Crippen molar-refractivity contribution in [1.82, 2.24) is 10.2 Å². The van der Waals surface area contributed by atoms with Gasteiger partial charge < -0.3 is 15.3 Å². The molecule has 5 nitrogen and oxygen atoms in total. The summed E-state index contributed by atoms with van der Waals surface area (Å²) in [6.07, 6.45) is 5.89. The van der Waals surface area contributed by atoms with Gasteiger partial charge in [-0.05, 0) is 46.0 Å². The number of amides is 2. The van der Waals surface area contributed by atoms with Gasteiger partial charge in [-0.2, -0.15) is 0 Å². The van der Waals surface area contributed by atoms with Gasteiger partial charge in [-0.3, -0.25) is 9.59 Å². The summed E-state index contributed by atoms with van der Waals surface area (Å²) >= 11 is 0. The maximum Gasteiger partial charge on any atom is 0.243 e. The van der Waals surface area contributed by atoms with Gasteiger partial charge in [0.15, 0.2) is 0 Å². The first-order valence-corrected chi connectivity index (χ1v) is 9.86. The molecule has 0 saturated heterocycles. The lowest BCUT2D eigenvalue weighted by molar-refractivity contribution is -0.143. The fourth-order valence-electron chi connectivity index (χ4n) is 2.89. The second kappa shape index (κ2) is 12.3. The third kappa shape index (κ3) is 10.5. The van der Waals surface area contributed by atoms with Crippen molar-refractivity contribution in [2.45, 2.75) is 98.1 Å². The molecule has 0 aromatic rings. The minimum Gasteiger partial charge on any atom is -0.396 e. The Hall–Kier alpha value is -1.10. The van der Waals surface area contributed by atoms with Gasteiger partial charge in [-0.1, -0.05) is 40.0 Å². The summed E-state index contributed by atoms with van der Waals surface area (Å²) in [6, 6.07) is -0.429. The lowest BCUT2D eigenvalue weighted by Crippen LogP contribution is -2.56. The van der Waals surface area contributed by atoms with E-state index in [1.54, 1.807) is 4.90 Å². The second-order valence-electron chi connectivity index (χ2n) is 8.26. The molecule has 0 aliphatic carbocycles. The monoisotopic (exact) mass is 356 g/mol. The normalized spacial score (nSPS) is 13.0. The first-order chi connectivity index (χ1) is 11.6. The van der Waals surface area contributed by atoms with Crippen LogP contribution >= 0.6 is 0 Å². The molecule has 2 amide bonds. The Morgan fingerprint density at radius 2 is 1.64 bits per heavy atom. The Bertz CT molecular complexity index is 389. The Morgan fingerprint density at radius 1 is 1.04 bits per heavy atom. The van der Waals surface area contributed by atoms with Crippen LogP contribution in [-0.4, -0.2) is 46.6 Å². The summed E-state index contributed by atoms with van der Waals surface area (Å²) in [7, 11) is 0. The summed E-state index contributed by atoms with van der Waals surface area (Å²) in [5.41, 5.74) is -0.316. The molecule has 0 rings (SSSR count). The van der Waals surface area contributed by atoms with Crippen LogP contribution in [0.3, 0.4) is 0 Å². The number of hydrogen-bond donors (Lipinski definition) is 2. The van der Waals surface area contributed by atoms with E-state index in [0.717, 1.165) is 38.5 Å². The molecule has 5 heteroatoms. The quantitative estimate of drug-likeness (QED) is 0.526. The number of hydrogen-bond acceptors (Lipinski definition) is 3. The molecule has 0 fully saturated rings. The highest BCUT2D eigenvalue weighted by Gasteiger charge is 2.33. The van der Waals surface area contributed by atoms with Gasteiger partial charge in [0.2, 0.25) is 11.8 Å². The van der Waals surface area contributed by atoms with Gasteiger partial charge in [0.25, 0.3) is 0 Å². The average Bonchev–Trinajstić information content (AvgIpc) is 2.48. The first kappa shape index (κ1) is 23.9. The van der Waals surface area contributed by atoms with Gasteiger partial charge in [-0.15, -0.1) is 0 Å². The maximum absolute atomic E-state index is 12.8. The van der Waals surface area contributed by atoms with E-state index in [9.17, 15) is 9.59 Å². The molecule has 0 heterocycles.